The largest absolute Gasteiger partial charge is 0.314 e. The van der Waals surface area contributed by atoms with E-state index < -0.39 is 6.71 Å². The van der Waals surface area contributed by atoms with Crippen molar-refractivity contribution in [3.8, 4) is 0 Å². The highest BCUT2D eigenvalue weighted by Crippen LogP contribution is 2.55. The molecule has 0 spiro atoms. The molecule has 0 saturated heterocycles. The van der Waals surface area contributed by atoms with Gasteiger partial charge in [-0.25, -0.2) is 0 Å². The monoisotopic (exact) mass is 197 g/mol. The van der Waals surface area contributed by atoms with E-state index in [1.165, 1.54) is 0 Å². The maximum Gasteiger partial charge on any atom is 0.267 e. The summed E-state index contributed by atoms with van der Waals surface area (Å²) in [5.74, 6) is 0. The van der Waals surface area contributed by atoms with Crippen LogP contribution in [-0.2, 0) is 9.05 Å². The molecule has 5 heteroatoms. The zero-order valence-corrected chi connectivity index (χ0v) is 9.15. The normalized spacial score (nSPS) is 13.0. The molecule has 0 bridgehead atoms. The summed E-state index contributed by atoms with van der Waals surface area (Å²) in [5.41, 5.74) is 0. The summed E-state index contributed by atoms with van der Waals surface area (Å²) in [6.45, 7) is 4.85. The molecule has 68 valence electrons. The summed E-state index contributed by atoms with van der Waals surface area (Å²) in [6, 6.07) is 0. The van der Waals surface area contributed by atoms with Crippen LogP contribution in [0.4, 0.5) is 0 Å². The Bertz CT molecular complexity index is 147. The Kier molecular flexibility index (Phi) is 4.71. The minimum Gasteiger partial charge on any atom is -0.314 e. The fourth-order valence-corrected chi connectivity index (χ4v) is 2.92. The van der Waals surface area contributed by atoms with Gasteiger partial charge < -0.3 is 9.05 Å². The van der Waals surface area contributed by atoms with Crippen molar-refractivity contribution in [1.82, 2.24) is 0 Å². The van der Waals surface area contributed by atoms with Crippen molar-refractivity contribution in [2.45, 2.75) is 39.9 Å². The van der Waals surface area contributed by atoms with Crippen LogP contribution in [-0.4, -0.2) is 12.2 Å². The van der Waals surface area contributed by atoms with E-state index in [0.29, 0.717) is 0 Å². The fraction of sp³-hybridized carbons (Fsp3) is 1.00. The van der Waals surface area contributed by atoms with E-state index in [1.54, 1.807) is 0 Å². The van der Waals surface area contributed by atoms with Gasteiger partial charge >= 0.3 is 0 Å². The molecule has 0 aromatic rings. The third-order valence-corrected chi connectivity index (χ3v) is 2.69. The summed E-state index contributed by atoms with van der Waals surface area (Å²) < 4.78 is 10.3. The van der Waals surface area contributed by atoms with E-state index >= 15 is 0 Å². The molecule has 0 aromatic carbocycles. The quantitative estimate of drug-likeness (QED) is 0.536. The first-order chi connectivity index (χ1) is 4.83. The molecule has 0 aromatic heterocycles. The molecule has 0 unspecified atom stereocenters. The maximum atomic E-state index is 7.52. The Morgan fingerprint density at radius 2 is 1.36 bits per heavy atom. The van der Waals surface area contributed by atoms with E-state index in [0.717, 1.165) is 0 Å². The second-order valence-corrected chi connectivity index (χ2v) is 5.87. The maximum absolute atomic E-state index is 7.52. The first-order valence-electron chi connectivity index (χ1n) is 3.57. The van der Waals surface area contributed by atoms with Crippen LogP contribution in [0.3, 0.4) is 0 Å². The van der Waals surface area contributed by atoms with Gasteiger partial charge in [0.05, 0.1) is 12.2 Å². The van der Waals surface area contributed by atoms with E-state index in [1.807, 2.05) is 27.7 Å². The van der Waals surface area contributed by atoms with Crippen molar-refractivity contribution in [3.05, 3.63) is 0 Å². The third kappa shape index (κ3) is 6.88. The van der Waals surface area contributed by atoms with Crippen LogP contribution in [0, 0.1) is 5.16 Å². The second-order valence-electron chi connectivity index (χ2n) is 2.83. The van der Waals surface area contributed by atoms with Crippen LogP contribution >= 0.6 is 19.0 Å². The van der Waals surface area contributed by atoms with E-state index in [4.69, 9.17) is 14.2 Å². The van der Waals surface area contributed by atoms with Crippen molar-refractivity contribution in [2.75, 3.05) is 0 Å². The van der Waals surface area contributed by atoms with Crippen LogP contribution in [0.1, 0.15) is 27.7 Å². The predicted molar refractivity (Wildman–Crippen MR) is 51.1 cm³/mol. The Morgan fingerprint density at radius 3 is 1.55 bits per heavy atom. The minimum absolute atomic E-state index is 0.00270. The Hall–Kier alpha value is 0.500. The molecule has 0 heterocycles. The first kappa shape index (κ1) is 11.5. The van der Waals surface area contributed by atoms with Crippen LogP contribution in [0.5, 0.6) is 0 Å². The molecule has 0 fully saturated rings. The van der Waals surface area contributed by atoms with E-state index in [2.05, 4.69) is 12.2 Å². The van der Waals surface area contributed by atoms with Gasteiger partial charge in [-0.2, -0.15) is 0 Å². The molecular formula is C6H16NO2PS. The number of nitrogens with one attached hydrogen (secondary N) is 1. The second kappa shape index (κ2) is 4.51. The smallest absolute Gasteiger partial charge is 0.267 e. The Balaban J connectivity index is 3.91. The van der Waals surface area contributed by atoms with Crippen LogP contribution in [0.2, 0.25) is 0 Å². The predicted octanol–water partition coefficient (Wildman–Crippen LogP) is 3.29. The van der Waals surface area contributed by atoms with Gasteiger partial charge in [0.1, 0.15) is 0 Å². The summed E-state index contributed by atoms with van der Waals surface area (Å²) in [4.78, 5) is 0. The highest BCUT2D eigenvalue weighted by atomic mass is 32.7. The van der Waals surface area contributed by atoms with Gasteiger partial charge in [-0.15, -0.1) is 0 Å². The van der Waals surface area contributed by atoms with Gasteiger partial charge in [0, 0.05) is 0 Å². The SMILES string of the molecule is CC(C)OP(=N)(S)OC(C)C. The number of rotatable bonds is 4. The molecule has 0 saturated carbocycles. The molecule has 0 rings (SSSR count). The third-order valence-electron chi connectivity index (χ3n) is 0.707. The molecule has 0 amide bonds. The van der Waals surface area contributed by atoms with Gasteiger partial charge in [0.2, 0.25) is 0 Å². The van der Waals surface area contributed by atoms with Gasteiger partial charge in [-0.05, 0) is 27.7 Å². The van der Waals surface area contributed by atoms with Gasteiger partial charge in [0.15, 0.2) is 0 Å². The Morgan fingerprint density at radius 1 is 1.09 bits per heavy atom. The van der Waals surface area contributed by atoms with Crippen LogP contribution < -0.4 is 0 Å². The molecule has 11 heavy (non-hydrogen) atoms. The van der Waals surface area contributed by atoms with Crippen molar-refractivity contribution in [3.63, 3.8) is 0 Å². The van der Waals surface area contributed by atoms with Crippen molar-refractivity contribution < 1.29 is 9.05 Å². The topological polar surface area (TPSA) is 42.3 Å². The van der Waals surface area contributed by atoms with E-state index in [9.17, 15) is 0 Å². The first-order valence-corrected chi connectivity index (χ1v) is 6.35. The lowest BCUT2D eigenvalue weighted by molar-refractivity contribution is 0.178. The lowest BCUT2D eigenvalue weighted by Crippen LogP contribution is -2.03. The van der Waals surface area contributed by atoms with E-state index in [-0.39, 0.29) is 12.2 Å². The molecule has 0 radical (unpaired) electrons. The fourth-order valence-electron chi connectivity index (χ4n) is 0.596. The summed E-state index contributed by atoms with van der Waals surface area (Å²) >= 11 is 4.00. The van der Waals surface area contributed by atoms with Crippen molar-refractivity contribution >= 4 is 19.0 Å². The van der Waals surface area contributed by atoms with Crippen molar-refractivity contribution in [2.24, 2.45) is 0 Å². The number of hydrogen-bond acceptors (Lipinski definition) is 3. The van der Waals surface area contributed by atoms with Gasteiger partial charge in [-0.1, -0.05) is 12.2 Å². The number of hydrogen-bond donors (Lipinski definition) is 2. The van der Waals surface area contributed by atoms with Gasteiger partial charge in [-0.3, -0.25) is 5.16 Å². The zero-order valence-electron chi connectivity index (χ0n) is 7.37. The average Bonchev–Trinajstić information content (AvgIpc) is 1.53. The zero-order chi connectivity index (χ0) is 9.07. The molecule has 0 aliphatic carbocycles. The lowest BCUT2D eigenvalue weighted by atomic mass is 10.5. The summed E-state index contributed by atoms with van der Waals surface area (Å²) in [6.07, 6.45) is -0.00540. The van der Waals surface area contributed by atoms with Crippen LogP contribution in [0.25, 0.3) is 0 Å². The molecule has 0 aliphatic heterocycles. The molecule has 0 aliphatic rings. The molecule has 0 atom stereocenters. The standard InChI is InChI=1S/C6H16NO2PS/c1-5(2)8-10(7,11)9-6(3)4/h5-6H,1-4H3,(H2,7,11). The lowest BCUT2D eigenvalue weighted by Gasteiger charge is -2.20. The molecule has 3 nitrogen and oxygen atoms in total. The Labute approximate surface area is 73.6 Å². The van der Waals surface area contributed by atoms with Crippen molar-refractivity contribution in [1.29, 1.82) is 5.16 Å². The average molecular weight is 197 g/mol. The molecule has 1 N–H and O–H groups in total. The molecular weight excluding hydrogens is 181 g/mol. The summed E-state index contributed by atoms with van der Waals surface area (Å²) in [5, 5.41) is 7.52. The number of thiol groups is 1. The highest BCUT2D eigenvalue weighted by Gasteiger charge is 2.16. The highest BCUT2D eigenvalue weighted by molar-refractivity contribution is 8.45. The minimum atomic E-state index is -2.61. The summed E-state index contributed by atoms with van der Waals surface area (Å²) in [7, 11) is 0. The van der Waals surface area contributed by atoms with Crippen LogP contribution in [0.15, 0.2) is 0 Å². The van der Waals surface area contributed by atoms with Gasteiger partial charge in [0.25, 0.3) is 6.71 Å².